The molecule has 0 aliphatic heterocycles. The van der Waals surface area contributed by atoms with Gasteiger partial charge in [0.05, 0.1) is 0 Å². The highest BCUT2D eigenvalue weighted by atomic mass is 16.2. The van der Waals surface area contributed by atoms with Crippen molar-refractivity contribution in [1.82, 2.24) is 5.32 Å². The molecule has 0 aromatic heterocycles. The summed E-state index contributed by atoms with van der Waals surface area (Å²) >= 11 is 0. The minimum absolute atomic E-state index is 0.245. The fourth-order valence-corrected chi connectivity index (χ4v) is 2.84. The van der Waals surface area contributed by atoms with Gasteiger partial charge in [0.25, 0.3) is 0 Å². The van der Waals surface area contributed by atoms with Gasteiger partial charge < -0.3 is 11.1 Å². The van der Waals surface area contributed by atoms with Crippen molar-refractivity contribution < 1.29 is 9.59 Å². The van der Waals surface area contributed by atoms with Crippen LogP contribution in [-0.2, 0) is 16.0 Å². The summed E-state index contributed by atoms with van der Waals surface area (Å²) in [6.45, 7) is 0. The lowest BCUT2D eigenvalue weighted by molar-refractivity contribution is -0.124. The lowest BCUT2D eigenvalue weighted by Crippen LogP contribution is -2.45. The third-order valence-corrected chi connectivity index (χ3v) is 4.11. The molecule has 0 heterocycles. The Balaban J connectivity index is 1.88. The largest absolute Gasteiger partial charge is 0.368 e. The Morgan fingerprint density at radius 3 is 2.50 bits per heavy atom. The van der Waals surface area contributed by atoms with Crippen LogP contribution in [0.4, 0.5) is 0 Å². The molecule has 22 heavy (non-hydrogen) atoms. The van der Waals surface area contributed by atoms with Gasteiger partial charge >= 0.3 is 0 Å². The first-order valence-corrected chi connectivity index (χ1v) is 7.97. The highest BCUT2D eigenvalue weighted by molar-refractivity contribution is 5.92. The molecule has 0 radical (unpaired) electrons. The van der Waals surface area contributed by atoms with E-state index >= 15 is 0 Å². The van der Waals surface area contributed by atoms with Gasteiger partial charge in [0.15, 0.2) is 0 Å². The van der Waals surface area contributed by atoms with E-state index in [0.29, 0.717) is 12.3 Å². The third kappa shape index (κ3) is 5.35. The number of benzene rings is 1. The average molecular weight is 300 g/mol. The molecule has 1 aliphatic rings. The number of hydrogen-bond donors (Lipinski definition) is 2. The third-order valence-electron chi connectivity index (χ3n) is 4.11. The summed E-state index contributed by atoms with van der Waals surface area (Å²) < 4.78 is 0. The van der Waals surface area contributed by atoms with E-state index in [1.165, 1.54) is 19.3 Å². The number of allylic oxidation sites excluding steroid dienone is 1. The van der Waals surface area contributed by atoms with Crippen LogP contribution in [0.1, 0.15) is 37.7 Å². The molecule has 0 unspecified atom stereocenters. The Morgan fingerprint density at radius 1 is 1.18 bits per heavy atom. The van der Waals surface area contributed by atoms with Gasteiger partial charge in [-0.25, -0.2) is 0 Å². The van der Waals surface area contributed by atoms with E-state index in [-0.39, 0.29) is 5.91 Å². The zero-order valence-electron chi connectivity index (χ0n) is 12.8. The van der Waals surface area contributed by atoms with Crippen molar-refractivity contribution in [3.8, 4) is 0 Å². The van der Waals surface area contributed by atoms with Gasteiger partial charge in [-0.3, -0.25) is 9.59 Å². The molecule has 4 nitrogen and oxygen atoms in total. The SMILES string of the molecule is NC(=O)[C@H](Cc1ccccc1)NC(=O)/C=C/C1CCCCC1. The van der Waals surface area contributed by atoms with Crippen LogP contribution in [0.25, 0.3) is 0 Å². The molecule has 118 valence electrons. The number of amides is 2. The van der Waals surface area contributed by atoms with Crippen molar-refractivity contribution in [3.63, 3.8) is 0 Å². The van der Waals surface area contributed by atoms with E-state index in [1.54, 1.807) is 6.08 Å². The fraction of sp³-hybridized carbons (Fsp3) is 0.444. The molecule has 3 N–H and O–H groups in total. The molecular formula is C18H24N2O2. The first kappa shape index (κ1) is 16.3. The van der Waals surface area contributed by atoms with E-state index in [4.69, 9.17) is 5.73 Å². The molecule has 1 aliphatic carbocycles. The maximum Gasteiger partial charge on any atom is 0.244 e. The molecule has 2 amide bonds. The maximum absolute atomic E-state index is 12.0. The molecule has 1 atom stereocenters. The normalized spacial score (nSPS) is 17.3. The molecule has 2 rings (SSSR count). The van der Waals surface area contributed by atoms with Crippen molar-refractivity contribution in [3.05, 3.63) is 48.0 Å². The summed E-state index contributed by atoms with van der Waals surface area (Å²) in [4.78, 5) is 23.5. The van der Waals surface area contributed by atoms with Crippen LogP contribution in [0.15, 0.2) is 42.5 Å². The fourth-order valence-electron chi connectivity index (χ4n) is 2.84. The van der Waals surface area contributed by atoms with Gasteiger partial charge in [-0.1, -0.05) is 55.7 Å². The van der Waals surface area contributed by atoms with Crippen molar-refractivity contribution in [2.24, 2.45) is 11.7 Å². The Kier molecular flexibility index (Phi) is 6.19. The molecule has 1 saturated carbocycles. The van der Waals surface area contributed by atoms with E-state index in [1.807, 2.05) is 36.4 Å². The first-order chi connectivity index (χ1) is 10.6. The Bertz CT molecular complexity index is 519. The number of nitrogens with one attached hydrogen (secondary N) is 1. The molecule has 0 saturated heterocycles. The molecule has 0 spiro atoms. The smallest absolute Gasteiger partial charge is 0.244 e. The quantitative estimate of drug-likeness (QED) is 0.791. The van der Waals surface area contributed by atoms with Crippen LogP contribution in [0.5, 0.6) is 0 Å². The van der Waals surface area contributed by atoms with Crippen LogP contribution in [0.3, 0.4) is 0 Å². The summed E-state index contributed by atoms with van der Waals surface area (Å²) in [5.74, 6) is -0.269. The van der Waals surface area contributed by atoms with Crippen molar-refractivity contribution in [2.45, 2.75) is 44.6 Å². The predicted octanol–water partition coefficient (Wildman–Crippen LogP) is 2.34. The highest BCUT2D eigenvalue weighted by Gasteiger charge is 2.18. The number of hydrogen-bond acceptors (Lipinski definition) is 2. The Labute approximate surface area is 131 Å². The van der Waals surface area contributed by atoms with Crippen LogP contribution < -0.4 is 11.1 Å². The van der Waals surface area contributed by atoms with E-state index in [0.717, 1.165) is 18.4 Å². The monoisotopic (exact) mass is 300 g/mol. The zero-order valence-corrected chi connectivity index (χ0v) is 12.8. The number of carbonyl (C=O) groups is 2. The van der Waals surface area contributed by atoms with Gasteiger partial charge in [-0.05, 0) is 30.4 Å². The van der Waals surface area contributed by atoms with Crippen LogP contribution in [0.2, 0.25) is 0 Å². The van der Waals surface area contributed by atoms with Crippen molar-refractivity contribution >= 4 is 11.8 Å². The van der Waals surface area contributed by atoms with Gasteiger partial charge in [-0.15, -0.1) is 0 Å². The minimum Gasteiger partial charge on any atom is -0.368 e. The van der Waals surface area contributed by atoms with E-state index in [9.17, 15) is 9.59 Å². The van der Waals surface area contributed by atoms with Crippen LogP contribution in [0, 0.1) is 5.92 Å². The molecule has 1 aromatic rings. The zero-order chi connectivity index (χ0) is 15.8. The summed E-state index contributed by atoms with van der Waals surface area (Å²) in [7, 11) is 0. The number of nitrogens with two attached hydrogens (primary N) is 1. The molecule has 1 aromatic carbocycles. The summed E-state index contributed by atoms with van der Waals surface area (Å²) in [6, 6.07) is 8.87. The van der Waals surface area contributed by atoms with Gasteiger partial charge in [0.1, 0.15) is 6.04 Å². The molecule has 0 bridgehead atoms. The second-order valence-electron chi connectivity index (χ2n) is 5.91. The Hall–Kier alpha value is -2.10. The van der Waals surface area contributed by atoms with Crippen molar-refractivity contribution in [1.29, 1.82) is 0 Å². The lowest BCUT2D eigenvalue weighted by atomic mass is 9.89. The lowest BCUT2D eigenvalue weighted by Gasteiger charge is -2.18. The summed E-state index contributed by atoms with van der Waals surface area (Å²) in [5.41, 5.74) is 6.37. The van der Waals surface area contributed by atoms with E-state index < -0.39 is 11.9 Å². The van der Waals surface area contributed by atoms with Gasteiger partial charge in [0, 0.05) is 6.42 Å². The number of carbonyl (C=O) groups excluding carboxylic acids is 2. The number of rotatable bonds is 6. The molecular weight excluding hydrogens is 276 g/mol. The first-order valence-electron chi connectivity index (χ1n) is 7.97. The summed E-state index contributed by atoms with van der Waals surface area (Å²) in [5, 5.41) is 2.70. The number of primary amides is 1. The Morgan fingerprint density at radius 2 is 1.86 bits per heavy atom. The summed E-state index contributed by atoms with van der Waals surface area (Å²) in [6.07, 6.45) is 9.98. The van der Waals surface area contributed by atoms with Gasteiger partial charge in [0.2, 0.25) is 11.8 Å². The molecule has 4 heteroatoms. The molecule has 1 fully saturated rings. The average Bonchev–Trinajstić information content (AvgIpc) is 2.54. The highest BCUT2D eigenvalue weighted by Crippen LogP contribution is 2.24. The standard InChI is InChI=1S/C18H24N2O2/c19-18(22)16(13-15-9-5-2-6-10-15)20-17(21)12-11-14-7-3-1-4-8-14/h2,5-6,9-12,14,16H,1,3-4,7-8,13H2,(H2,19,22)(H,20,21)/b12-11+/t16-/m0/s1. The minimum atomic E-state index is -0.675. The second kappa shape index (κ2) is 8.37. The van der Waals surface area contributed by atoms with Gasteiger partial charge in [-0.2, -0.15) is 0 Å². The van der Waals surface area contributed by atoms with E-state index in [2.05, 4.69) is 5.32 Å². The van der Waals surface area contributed by atoms with Crippen molar-refractivity contribution in [2.75, 3.05) is 0 Å². The second-order valence-corrected chi connectivity index (χ2v) is 5.91. The topological polar surface area (TPSA) is 72.2 Å². The van der Waals surface area contributed by atoms with Crippen LogP contribution in [-0.4, -0.2) is 17.9 Å². The van der Waals surface area contributed by atoms with Crippen LogP contribution >= 0.6 is 0 Å². The maximum atomic E-state index is 12.0. The predicted molar refractivity (Wildman–Crippen MR) is 87.0 cm³/mol.